The van der Waals surface area contributed by atoms with Gasteiger partial charge in [0.05, 0.1) is 24.8 Å². The summed E-state index contributed by atoms with van der Waals surface area (Å²) in [5, 5.41) is 0. The molecular weight excluding hydrogens is 180 g/mol. The number of oxazole rings is 1. The average molecular weight is 192 g/mol. The van der Waals surface area contributed by atoms with Gasteiger partial charge in [0.25, 0.3) is 0 Å². The fourth-order valence-electron chi connectivity index (χ4n) is 1.21. The Hall–Kier alpha value is -1.62. The summed E-state index contributed by atoms with van der Waals surface area (Å²) >= 11 is 0. The summed E-state index contributed by atoms with van der Waals surface area (Å²) in [6, 6.07) is -0.183. The zero-order valence-corrected chi connectivity index (χ0v) is 8.14. The van der Waals surface area contributed by atoms with Gasteiger partial charge in [-0.05, 0) is 6.92 Å². The van der Waals surface area contributed by atoms with E-state index < -0.39 is 0 Å². The number of imidazole rings is 1. The molecule has 1 unspecified atom stereocenters. The second-order valence-corrected chi connectivity index (χ2v) is 3.24. The summed E-state index contributed by atoms with van der Waals surface area (Å²) < 4.78 is 7.34. The van der Waals surface area contributed by atoms with Crippen molar-refractivity contribution in [2.75, 3.05) is 0 Å². The molecule has 0 radical (unpaired) electrons. The minimum Gasteiger partial charge on any atom is -0.437 e. The summed E-state index contributed by atoms with van der Waals surface area (Å²) in [7, 11) is 1.90. The molecule has 0 spiro atoms. The largest absolute Gasteiger partial charge is 0.437 e. The highest BCUT2D eigenvalue weighted by atomic mass is 16.4. The van der Waals surface area contributed by atoms with Crippen LogP contribution in [-0.4, -0.2) is 14.5 Å². The molecule has 14 heavy (non-hydrogen) atoms. The zero-order valence-electron chi connectivity index (χ0n) is 8.14. The third kappa shape index (κ3) is 1.42. The van der Waals surface area contributed by atoms with Crippen molar-refractivity contribution in [2.45, 2.75) is 13.0 Å². The lowest BCUT2D eigenvalue weighted by molar-refractivity contribution is 0.471. The lowest BCUT2D eigenvalue weighted by Gasteiger charge is -1.98. The Labute approximate surface area is 81.6 Å². The normalized spacial score (nSPS) is 13.1. The Morgan fingerprint density at radius 2 is 2.29 bits per heavy atom. The molecule has 2 aromatic heterocycles. The maximum absolute atomic E-state index is 5.64. The van der Waals surface area contributed by atoms with E-state index in [9.17, 15) is 0 Å². The van der Waals surface area contributed by atoms with Gasteiger partial charge in [0.15, 0.2) is 5.76 Å². The topological polar surface area (TPSA) is 69.9 Å². The highest BCUT2D eigenvalue weighted by Crippen LogP contribution is 2.20. The van der Waals surface area contributed by atoms with Crippen molar-refractivity contribution in [3.63, 3.8) is 0 Å². The van der Waals surface area contributed by atoms with Gasteiger partial charge in [-0.3, -0.25) is 0 Å². The van der Waals surface area contributed by atoms with Gasteiger partial charge >= 0.3 is 0 Å². The molecule has 74 valence electrons. The van der Waals surface area contributed by atoms with Crippen molar-refractivity contribution in [1.29, 1.82) is 0 Å². The molecule has 1 atom stereocenters. The first-order valence-electron chi connectivity index (χ1n) is 4.36. The van der Waals surface area contributed by atoms with E-state index >= 15 is 0 Å². The lowest BCUT2D eigenvalue weighted by atomic mass is 10.4. The van der Waals surface area contributed by atoms with Crippen LogP contribution in [0.3, 0.4) is 0 Å². The van der Waals surface area contributed by atoms with Crippen LogP contribution in [-0.2, 0) is 7.05 Å². The van der Waals surface area contributed by atoms with Crippen molar-refractivity contribution in [1.82, 2.24) is 14.5 Å². The highest BCUT2D eigenvalue weighted by Gasteiger charge is 2.11. The molecule has 0 saturated heterocycles. The molecule has 0 saturated carbocycles. The van der Waals surface area contributed by atoms with Crippen LogP contribution in [0.15, 0.2) is 23.1 Å². The molecule has 0 aliphatic carbocycles. The summed E-state index contributed by atoms with van der Waals surface area (Å²) in [6.07, 6.45) is 5.10. The van der Waals surface area contributed by atoms with Gasteiger partial charge in [-0.2, -0.15) is 0 Å². The quantitative estimate of drug-likeness (QED) is 0.773. The van der Waals surface area contributed by atoms with E-state index in [1.54, 1.807) is 18.7 Å². The molecule has 2 N–H and O–H groups in total. The van der Waals surface area contributed by atoms with E-state index in [-0.39, 0.29) is 6.04 Å². The molecule has 5 heteroatoms. The fraction of sp³-hybridized carbons (Fsp3) is 0.333. The number of hydrogen-bond acceptors (Lipinski definition) is 4. The van der Waals surface area contributed by atoms with Crippen LogP contribution < -0.4 is 5.73 Å². The number of hydrogen-bond donors (Lipinski definition) is 1. The number of rotatable bonds is 2. The second kappa shape index (κ2) is 3.26. The van der Waals surface area contributed by atoms with Crippen molar-refractivity contribution >= 4 is 0 Å². The first-order valence-corrected chi connectivity index (χ1v) is 4.36. The van der Waals surface area contributed by atoms with E-state index in [1.165, 1.54) is 0 Å². The van der Waals surface area contributed by atoms with Gasteiger partial charge in [0.1, 0.15) is 5.69 Å². The molecule has 0 bridgehead atoms. The Balaban J connectivity index is 2.39. The second-order valence-electron chi connectivity index (χ2n) is 3.24. The summed E-state index contributed by atoms with van der Waals surface area (Å²) in [6.45, 7) is 1.83. The van der Waals surface area contributed by atoms with Crippen LogP contribution in [0, 0.1) is 0 Å². The third-order valence-corrected chi connectivity index (χ3v) is 1.98. The molecule has 0 aromatic carbocycles. The molecule has 0 fully saturated rings. The summed E-state index contributed by atoms with van der Waals surface area (Å²) in [5.74, 6) is 1.23. The first-order chi connectivity index (χ1) is 6.68. The van der Waals surface area contributed by atoms with E-state index in [0.717, 1.165) is 5.69 Å². The van der Waals surface area contributed by atoms with E-state index in [4.69, 9.17) is 10.2 Å². The maximum atomic E-state index is 5.64. The Morgan fingerprint density at radius 1 is 1.50 bits per heavy atom. The zero-order chi connectivity index (χ0) is 10.1. The van der Waals surface area contributed by atoms with Crippen molar-refractivity contribution in [2.24, 2.45) is 12.8 Å². The summed E-state index contributed by atoms with van der Waals surface area (Å²) in [5.41, 5.74) is 6.53. The first kappa shape index (κ1) is 8.96. The third-order valence-electron chi connectivity index (χ3n) is 1.98. The van der Waals surface area contributed by atoms with E-state index in [1.807, 2.05) is 18.5 Å². The Morgan fingerprint density at radius 3 is 2.79 bits per heavy atom. The number of aryl methyl sites for hydroxylation is 1. The van der Waals surface area contributed by atoms with Gasteiger partial charge in [-0.15, -0.1) is 0 Å². The smallest absolute Gasteiger partial charge is 0.211 e. The maximum Gasteiger partial charge on any atom is 0.211 e. The highest BCUT2D eigenvalue weighted by molar-refractivity contribution is 5.49. The minimum atomic E-state index is -0.183. The van der Waals surface area contributed by atoms with Gasteiger partial charge in [0.2, 0.25) is 5.89 Å². The lowest BCUT2D eigenvalue weighted by Crippen LogP contribution is -2.04. The van der Waals surface area contributed by atoms with E-state index in [0.29, 0.717) is 11.7 Å². The Bertz CT molecular complexity index is 429. The predicted molar refractivity (Wildman–Crippen MR) is 51.3 cm³/mol. The van der Waals surface area contributed by atoms with Crippen molar-refractivity contribution < 1.29 is 4.42 Å². The molecule has 0 amide bonds. The van der Waals surface area contributed by atoms with Gasteiger partial charge in [0, 0.05) is 7.05 Å². The standard InChI is InChI=1S/C9H12N4O/c1-6(10)9-12-4-8(14-9)7-3-11-5-13(7)2/h3-6H,10H2,1-2H3. The molecule has 0 aliphatic rings. The number of aromatic nitrogens is 3. The van der Waals surface area contributed by atoms with Crippen LogP contribution in [0.4, 0.5) is 0 Å². The van der Waals surface area contributed by atoms with Crippen LogP contribution in [0.25, 0.3) is 11.5 Å². The van der Waals surface area contributed by atoms with Crippen molar-refractivity contribution in [3.05, 3.63) is 24.6 Å². The number of nitrogens with zero attached hydrogens (tertiary/aromatic N) is 3. The number of nitrogens with two attached hydrogens (primary N) is 1. The molecular formula is C9H12N4O. The van der Waals surface area contributed by atoms with Crippen LogP contribution >= 0.6 is 0 Å². The minimum absolute atomic E-state index is 0.183. The monoisotopic (exact) mass is 192 g/mol. The van der Waals surface area contributed by atoms with Crippen LogP contribution in [0.2, 0.25) is 0 Å². The van der Waals surface area contributed by atoms with Crippen molar-refractivity contribution in [3.8, 4) is 11.5 Å². The molecule has 2 rings (SSSR count). The molecule has 2 aromatic rings. The fourth-order valence-corrected chi connectivity index (χ4v) is 1.21. The van der Waals surface area contributed by atoms with Gasteiger partial charge in [-0.25, -0.2) is 9.97 Å². The van der Waals surface area contributed by atoms with Crippen LogP contribution in [0.5, 0.6) is 0 Å². The van der Waals surface area contributed by atoms with E-state index in [2.05, 4.69) is 9.97 Å². The van der Waals surface area contributed by atoms with Gasteiger partial charge < -0.3 is 14.7 Å². The molecule has 2 heterocycles. The van der Waals surface area contributed by atoms with Gasteiger partial charge in [-0.1, -0.05) is 0 Å². The molecule has 0 aliphatic heterocycles. The van der Waals surface area contributed by atoms with Crippen LogP contribution in [0.1, 0.15) is 18.9 Å². The molecule has 5 nitrogen and oxygen atoms in total. The Kier molecular flexibility index (Phi) is 2.09. The predicted octanol–water partition coefficient (Wildman–Crippen LogP) is 1.09. The summed E-state index contributed by atoms with van der Waals surface area (Å²) in [4.78, 5) is 8.08. The SMILES string of the molecule is CC(N)c1ncc(-c2cncn2C)o1. The average Bonchev–Trinajstić information content (AvgIpc) is 2.71.